The van der Waals surface area contributed by atoms with E-state index in [1.807, 2.05) is 4.90 Å². The fourth-order valence-electron chi connectivity index (χ4n) is 4.78. The van der Waals surface area contributed by atoms with E-state index >= 15 is 0 Å². The molecule has 1 amide bonds. The Morgan fingerprint density at radius 2 is 1.66 bits per heavy atom. The largest absolute Gasteiger partial charge is 0.504 e. The van der Waals surface area contributed by atoms with Gasteiger partial charge in [0.1, 0.15) is 0 Å². The van der Waals surface area contributed by atoms with Gasteiger partial charge in [-0.1, -0.05) is 30.3 Å². The van der Waals surface area contributed by atoms with Gasteiger partial charge < -0.3 is 14.7 Å². The predicted octanol–water partition coefficient (Wildman–Crippen LogP) is 3.89. The van der Waals surface area contributed by atoms with Crippen LogP contribution in [-0.4, -0.2) is 60.1 Å². The summed E-state index contributed by atoms with van der Waals surface area (Å²) >= 11 is 0. The quantitative estimate of drug-likeness (QED) is 0.855. The Morgan fingerprint density at radius 1 is 0.966 bits per heavy atom. The summed E-state index contributed by atoms with van der Waals surface area (Å²) in [4.78, 5) is 17.3. The highest BCUT2D eigenvalue weighted by atomic mass is 16.5. The number of rotatable bonds is 4. The lowest BCUT2D eigenvalue weighted by atomic mass is 9.81. The number of phenolic OH excluding ortho intramolecular Hbond substituents is 1. The highest BCUT2D eigenvalue weighted by Crippen LogP contribution is 2.35. The summed E-state index contributed by atoms with van der Waals surface area (Å²) in [6, 6.07) is 16.3. The SMILES string of the molecule is COc1cc(C(=O)N2CCN(C3CCC(c4ccccc4)CC3)CC2)ccc1O. The van der Waals surface area contributed by atoms with Crippen molar-refractivity contribution in [1.29, 1.82) is 0 Å². The van der Waals surface area contributed by atoms with Gasteiger partial charge in [-0.25, -0.2) is 0 Å². The molecule has 0 radical (unpaired) electrons. The van der Waals surface area contributed by atoms with Gasteiger partial charge >= 0.3 is 0 Å². The Kier molecular flexibility index (Phi) is 6.05. The van der Waals surface area contributed by atoms with Crippen LogP contribution in [0.5, 0.6) is 11.5 Å². The molecule has 5 heteroatoms. The van der Waals surface area contributed by atoms with E-state index in [0.717, 1.165) is 26.2 Å². The molecular formula is C24H30N2O3. The van der Waals surface area contributed by atoms with Gasteiger partial charge in [-0.05, 0) is 55.4 Å². The van der Waals surface area contributed by atoms with Crippen LogP contribution in [0.25, 0.3) is 0 Å². The molecular weight excluding hydrogens is 364 g/mol. The molecule has 1 saturated carbocycles. The van der Waals surface area contributed by atoms with Crippen LogP contribution in [0.1, 0.15) is 47.5 Å². The zero-order chi connectivity index (χ0) is 20.2. The van der Waals surface area contributed by atoms with Crippen molar-refractivity contribution in [3.8, 4) is 11.5 Å². The molecule has 0 aromatic heterocycles. The van der Waals surface area contributed by atoms with E-state index in [0.29, 0.717) is 23.3 Å². The minimum Gasteiger partial charge on any atom is -0.504 e. The molecule has 154 valence electrons. The summed E-state index contributed by atoms with van der Waals surface area (Å²) < 4.78 is 5.13. The molecule has 2 aliphatic rings. The van der Waals surface area contributed by atoms with Crippen LogP contribution in [-0.2, 0) is 0 Å². The normalized spacial score (nSPS) is 23.0. The van der Waals surface area contributed by atoms with Crippen LogP contribution in [0.2, 0.25) is 0 Å². The Hall–Kier alpha value is -2.53. The number of hydrogen-bond donors (Lipinski definition) is 1. The number of ether oxygens (including phenoxy) is 1. The third-order valence-corrected chi connectivity index (χ3v) is 6.51. The van der Waals surface area contributed by atoms with E-state index in [4.69, 9.17) is 4.74 Å². The van der Waals surface area contributed by atoms with Crippen molar-refractivity contribution in [2.75, 3.05) is 33.3 Å². The molecule has 4 rings (SSSR count). The second-order valence-electron chi connectivity index (χ2n) is 8.13. The summed E-state index contributed by atoms with van der Waals surface area (Å²) in [5.41, 5.74) is 2.04. The van der Waals surface area contributed by atoms with Gasteiger partial charge in [-0.15, -0.1) is 0 Å². The summed E-state index contributed by atoms with van der Waals surface area (Å²) in [7, 11) is 1.49. The van der Waals surface area contributed by atoms with E-state index in [1.54, 1.807) is 12.1 Å². The maximum atomic E-state index is 12.8. The van der Waals surface area contributed by atoms with Crippen LogP contribution in [0.3, 0.4) is 0 Å². The third-order valence-electron chi connectivity index (χ3n) is 6.51. The van der Waals surface area contributed by atoms with Gasteiger partial charge in [-0.3, -0.25) is 9.69 Å². The summed E-state index contributed by atoms with van der Waals surface area (Å²) in [6.07, 6.45) is 4.98. The molecule has 0 atom stereocenters. The number of amides is 1. The van der Waals surface area contributed by atoms with Crippen molar-refractivity contribution >= 4 is 5.91 Å². The van der Waals surface area contributed by atoms with Crippen molar-refractivity contribution in [2.24, 2.45) is 0 Å². The summed E-state index contributed by atoms with van der Waals surface area (Å²) in [5, 5.41) is 9.74. The summed E-state index contributed by atoms with van der Waals surface area (Å²) in [5.74, 6) is 1.10. The Labute approximate surface area is 172 Å². The number of carbonyl (C=O) groups is 1. The van der Waals surface area contributed by atoms with Gasteiger partial charge in [0, 0.05) is 37.8 Å². The maximum absolute atomic E-state index is 12.8. The van der Waals surface area contributed by atoms with E-state index in [9.17, 15) is 9.90 Å². The molecule has 0 bridgehead atoms. The number of benzene rings is 2. The number of phenols is 1. The Morgan fingerprint density at radius 3 is 2.31 bits per heavy atom. The molecule has 1 N–H and O–H groups in total. The van der Waals surface area contributed by atoms with E-state index in [-0.39, 0.29) is 11.7 Å². The second kappa shape index (κ2) is 8.87. The second-order valence-corrected chi connectivity index (χ2v) is 8.13. The fraction of sp³-hybridized carbons (Fsp3) is 0.458. The van der Waals surface area contributed by atoms with Crippen LogP contribution in [0, 0.1) is 0 Å². The Balaban J connectivity index is 1.29. The summed E-state index contributed by atoms with van der Waals surface area (Å²) in [6.45, 7) is 3.37. The molecule has 1 saturated heterocycles. The molecule has 1 aliphatic heterocycles. The van der Waals surface area contributed by atoms with Crippen LogP contribution >= 0.6 is 0 Å². The van der Waals surface area contributed by atoms with Crippen molar-refractivity contribution in [3.63, 3.8) is 0 Å². The third kappa shape index (κ3) is 4.40. The number of piperazine rings is 1. The van der Waals surface area contributed by atoms with Crippen molar-refractivity contribution in [1.82, 2.24) is 9.80 Å². The number of carbonyl (C=O) groups excluding carboxylic acids is 1. The molecule has 2 fully saturated rings. The van der Waals surface area contributed by atoms with Crippen molar-refractivity contribution in [3.05, 3.63) is 59.7 Å². The average molecular weight is 395 g/mol. The van der Waals surface area contributed by atoms with E-state index < -0.39 is 0 Å². The van der Waals surface area contributed by atoms with Gasteiger partial charge in [0.2, 0.25) is 0 Å². The first kappa shape index (κ1) is 19.8. The molecule has 5 nitrogen and oxygen atoms in total. The molecule has 0 spiro atoms. The number of aromatic hydroxyl groups is 1. The topological polar surface area (TPSA) is 53.0 Å². The highest BCUT2D eigenvalue weighted by molar-refractivity contribution is 5.95. The first-order valence-corrected chi connectivity index (χ1v) is 10.6. The minimum atomic E-state index is 0.00994. The van der Waals surface area contributed by atoms with Crippen LogP contribution < -0.4 is 4.74 Å². The fourth-order valence-corrected chi connectivity index (χ4v) is 4.78. The Bertz CT molecular complexity index is 823. The zero-order valence-corrected chi connectivity index (χ0v) is 17.1. The molecule has 29 heavy (non-hydrogen) atoms. The van der Waals surface area contributed by atoms with Gasteiger partial charge in [-0.2, -0.15) is 0 Å². The molecule has 2 aromatic carbocycles. The number of methoxy groups -OCH3 is 1. The molecule has 1 heterocycles. The number of hydrogen-bond acceptors (Lipinski definition) is 4. The van der Waals surface area contributed by atoms with Crippen molar-refractivity contribution in [2.45, 2.75) is 37.6 Å². The maximum Gasteiger partial charge on any atom is 0.254 e. The van der Waals surface area contributed by atoms with Gasteiger partial charge in [0.25, 0.3) is 5.91 Å². The minimum absolute atomic E-state index is 0.00994. The smallest absolute Gasteiger partial charge is 0.254 e. The van der Waals surface area contributed by atoms with E-state index in [1.165, 1.54) is 44.4 Å². The van der Waals surface area contributed by atoms with Crippen molar-refractivity contribution < 1.29 is 14.6 Å². The first-order chi connectivity index (χ1) is 14.2. The lowest BCUT2D eigenvalue weighted by molar-refractivity contribution is 0.0514. The number of nitrogens with zero attached hydrogens (tertiary/aromatic N) is 2. The zero-order valence-electron chi connectivity index (χ0n) is 17.1. The first-order valence-electron chi connectivity index (χ1n) is 10.6. The van der Waals surface area contributed by atoms with Gasteiger partial charge in [0.05, 0.1) is 7.11 Å². The molecule has 2 aromatic rings. The molecule has 0 unspecified atom stereocenters. The lowest BCUT2D eigenvalue weighted by Gasteiger charge is -2.42. The highest BCUT2D eigenvalue weighted by Gasteiger charge is 2.30. The van der Waals surface area contributed by atoms with Gasteiger partial charge in [0.15, 0.2) is 11.5 Å². The average Bonchev–Trinajstić information content (AvgIpc) is 2.80. The molecule has 1 aliphatic carbocycles. The van der Waals surface area contributed by atoms with Crippen LogP contribution in [0.4, 0.5) is 0 Å². The van der Waals surface area contributed by atoms with Crippen LogP contribution in [0.15, 0.2) is 48.5 Å². The van der Waals surface area contributed by atoms with E-state index in [2.05, 4.69) is 35.2 Å². The standard InChI is InChI=1S/C24H30N2O3/c1-29-23-17-20(9-12-22(23)27)24(28)26-15-13-25(14-16-26)21-10-7-19(8-11-21)18-5-3-2-4-6-18/h2-6,9,12,17,19,21,27H,7-8,10-11,13-16H2,1H3. The lowest BCUT2D eigenvalue weighted by Crippen LogP contribution is -2.52. The monoisotopic (exact) mass is 394 g/mol. The predicted molar refractivity (Wildman–Crippen MR) is 114 cm³/mol.